The van der Waals surface area contributed by atoms with Crippen molar-refractivity contribution in [2.75, 3.05) is 20.1 Å². The fraction of sp³-hybridized carbons (Fsp3) is 0.389. The van der Waals surface area contributed by atoms with Gasteiger partial charge >= 0.3 is 6.61 Å². The minimum absolute atomic E-state index is 0. The molecule has 1 N–H and O–H groups in total. The quantitative estimate of drug-likeness (QED) is 0.812. The number of rotatable bonds is 5. The SMILES string of the molecule is CN(C(=O)c1ccc(-c2ccc(OC(F)F)cc2)s1)C1CCNCC1.Cl. The van der Waals surface area contributed by atoms with Crippen LogP contribution in [0.5, 0.6) is 5.75 Å². The fourth-order valence-electron chi connectivity index (χ4n) is 2.94. The van der Waals surface area contributed by atoms with E-state index in [1.165, 1.54) is 23.5 Å². The Bertz CT molecular complexity index is 718. The van der Waals surface area contributed by atoms with E-state index in [-0.39, 0.29) is 30.1 Å². The first kappa shape index (κ1) is 20.6. The summed E-state index contributed by atoms with van der Waals surface area (Å²) in [7, 11) is 1.86. The van der Waals surface area contributed by atoms with Gasteiger partial charge in [0, 0.05) is 18.0 Å². The minimum atomic E-state index is -2.83. The van der Waals surface area contributed by atoms with Gasteiger partial charge in [0.15, 0.2) is 0 Å². The van der Waals surface area contributed by atoms with E-state index in [1.54, 1.807) is 12.1 Å². The van der Waals surface area contributed by atoms with Crippen LogP contribution in [0.25, 0.3) is 10.4 Å². The van der Waals surface area contributed by atoms with Crippen LogP contribution in [0.3, 0.4) is 0 Å². The summed E-state index contributed by atoms with van der Waals surface area (Å²) in [5.74, 6) is 0.151. The lowest BCUT2D eigenvalue weighted by Gasteiger charge is -2.31. The Morgan fingerprint density at radius 1 is 1.19 bits per heavy atom. The number of amides is 1. The van der Waals surface area contributed by atoms with E-state index in [2.05, 4.69) is 10.1 Å². The Morgan fingerprint density at radius 2 is 1.85 bits per heavy atom. The molecule has 1 aromatic carbocycles. The average Bonchev–Trinajstić information content (AvgIpc) is 3.11. The van der Waals surface area contributed by atoms with E-state index in [0.29, 0.717) is 4.88 Å². The monoisotopic (exact) mass is 402 g/mol. The molecule has 2 heterocycles. The summed E-state index contributed by atoms with van der Waals surface area (Å²) in [4.78, 5) is 16.1. The van der Waals surface area contributed by atoms with Crippen molar-refractivity contribution in [2.24, 2.45) is 0 Å². The number of carbonyl (C=O) groups is 1. The van der Waals surface area contributed by atoms with Gasteiger partial charge < -0.3 is 15.0 Å². The van der Waals surface area contributed by atoms with Crippen LogP contribution in [-0.4, -0.2) is 43.6 Å². The van der Waals surface area contributed by atoms with E-state index in [9.17, 15) is 13.6 Å². The van der Waals surface area contributed by atoms with E-state index in [1.807, 2.05) is 24.1 Å². The molecule has 0 atom stereocenters. The number of hydrogen-bond acceptors (Lipinski definition) is 4. The highest BCUT2D eigenvalue weighted by Gasteiger charge is 2.24. The van der Waals surface area contributed by atoms with Crippen molar-refractivity contribution < 1.29 is 18.3 Å². The fourth-order valence-corrected chi connectivity index (χ4v) is 3.94. The van der Waals surface area contributed by atoms with Gasteiger partial charge in [0.25, 0.3) is 5.91 Å². The van der Waals surface area contributed by atoms with Gasteiger partial charge in [-0.1, -0.05) is 0 Å². The molecule has 3 rings (SSSR count). The molecule has 0 saturated carbocycles. The van der Waals surface area contributed by atoms with Gasteiger partial charge in [-0.25, -0.2) is 0 Å². The highest BCUT2D eigenvalue weighted by atomic mass is 35.5. The molecule has 142 valence electrons. The summed E-state index contributed by atoms with van der Waals surface area (Å²) in [6, 6.07) is 10.4. The molecule has 0 unspecified atom stereocenters. The Labute approximate surface area is 161 Å². The molecule has 2 aromatic rings. The number of alkyl halides is 2. The smallest absolute Gasteiger partial charge is 0.387 e. The van der Waals surface area contributed by atoms with Crippen LogP contribution in [0.4, 0.5) is 8.78 Å². The van der Waals surface area contributed by atoms with Crippen molar-refractivity contribution in [3.8, 4) is 16.2 Å². The number of piperidine rings is 1. The van der Waals surface area contributed by atoms with Crippen molar-refractivity contribution in [1.82, 2.24) is 10.2 Å². The molecular weight excluding hydrogens is 382 g/mol. The molecule has 1 aliphatic heterocycles. The maximum Gasteiger partial charge on any atom is 0.387 e. The second-order valence-corrected chi connectivity index (χ2v) is 7.05. The number of hydrogen-bond donors (Lipinski definition) is 1. The highest BCUT2D eigenvalue weighted by Crippen LogP contribution is 2.30. The normalized spacial score (nSPS) is 14.8. The molecular formula is C18H21ClF2N2O2S. The molecule has 1 amide bonds. The first-order valence-corrected chi connectivity index (χ1v) is 8.99. The lowest BCUT2D eigenvalue weighted by Crippen LogP contribution is -2.43. The topological polar surface area (TPSA) is 41.6 Å². The zero-order valence-electron chi connectivity index (χ0n) is 14.3. The lowest BCUT2D eigenvalue weighted by molar-refractivity contribution is -0.0498. The Hall–Kier alpha value is -1.70. The molecule has 0 radical (unpaired) electrons. The zero-order chi connectivity index (χ0) is 17.8. The number of halogens is 3. The van der Waals surface area contributed by atoms with Gasteiger partial charge in [-0.05, 0) is 67.9 Å². The molecule has 1 saturated heterocycles. The second kappa shape index (κ2) is 9.30. The van der Waals surface area contributed by atoms with Crippen molar-refractivity contribution in [3.05, 3.63) is 41.3 Å². The molecule has 0 spiro atoms. The molecule has 1 fully saturated rings. The lowest BCUT2D eigenvalue weighted by atomic mass is 10.1. The summed E-state index contributed by atoms with van der Waals surface area (Å²) in [5, 5.41) is 3.30. The number of carbonyl (C=O) groups excluding carboxylic acids is 1. The van der Waals surface area contributed by atoms with E-state index in [4.69, 9.17) is 0 Å². The number of thiophene rings is 1. The van der Waals surface area contributed by atoms with Crippen LogP contribution in [0.15, 0.2) is 36.4 Å². The van der Waals surface area contributed by atoms with Crippen molar-refractivity contribution >= 4 is 29.7 Å². The number of ether oxygens (including phenoxy) is 1. The van der Waals surface area contributed by atoms with Crippen LogP contribution in [-0.2, 0) is 0 Å². The average molecular weight is 403 g/mol. The molecule has 26 heavy (non-hydrogen) atoms. The van der Waals surface area contributed by atoms with Crippen LogP contribution in [0.2, 0.25) is 0 Å². The van der Waals surface area contributed by atoms with Gasteiger partial charge in [0.1, 0.15) is 5.75 Å². The standard InChI is InChI=1S/C18H20F2N2O2S.ClH/c1-22(13-8-10-21-11-9-13)17(23)16-7-6-15(25-16)12-2-4-14(5-3-12)24-18(19)20;/h2-7,13,18,21H,8-11H2,1H3;1H. The minimum Gasteiger partial charge on any atom is -0.435 e. The highest BCUT2D eigenvalue weighted by molar-refractivity contribution is 7.17. The number of nitrogens with zero attached hydrogens (tertiary/aromatic N) is 1. The van der Waals surface area contributed by atoms with Gasteiger partial charge in [0.05, 0.1) is 4.88 Å². The molecule has 0 bridgehead atoms. The zero-order valence-corrected chi connectivity index (χ0v) is 15.9. The summed E-state index contributed by atoms with van der Waals surface area (Å²) >= 11 is 1.41. The van der Waals surface area contributed by atoms with Crippen molar-refractivity contribution in [3.63, 3.8) is 0 Å². The third-order valence-corrected chi connectivity index (χ3v) is 5.48. The molecule has 1 aromatic heterocycles. The maximum atomic E-state index is 12.7. The van der Waals surface area contributed by atoms with Gasteiger partial charge in [0.2, 0.25) is 0 Å². The summed E-state index contributed by atoms with van der Waals surface area (Å²) in [6.45, 7) is -0.960. The maximum absolute atomic E-state index is 12.7. The molecule has 8 heteroatoms. The van der Waals surface area contributed by atoms with E-state index in [0.717, 1.165) is 36.4 Å². The molecule has 4 nitrogen and oxygen atoms in total. The third kappa shape index (κ3) is 4.93. The first-order chi connectivity index (χ1) is 12.0. The van der Waals surface area contributed by atoms with Crippen LogP contribution in [0.1, 0.15) is 22.5 Å². The predicted octanol–water partition coefficient (Wildman–Crippen LogP) is 4.26. The van der Waals surface area contributed by atoms with Gasteiger partial charge in [-0.2, -0.15) is 8.78 Å². The Morgan fingerprint density at radius 3 is 2.46 bits per heavy atom. The molecule has 0 aliphatic carbocycles. The number of benzene rings is 1. The van der Waals surface area contributed by atoms with Crippen LogP contribution < -0.4 is 10.1 Å². The van der Waals surface area contributed by atoms with E-state index < -0.39 is 6.61 Å². The van der Waals surface area contributed by atoms with Gasteiger partial charge in [-0.15, -0.1) is 23.7 Å². The van der Waals surface area contributed by atoms with Crippen LogP contribution >= 0.6 is 23.7 Å². The largest absolute Gasteiger partial charge is 0.435 e. The van der Waals surface area contributed by atoms with Gasteiger partial charge in [-0.3, -0.25) is 4.79 Å². The third-order valence-electron chi connectivity index (χ3n) is 4.36. The molecule has 1 aliphatic rings. The summed E-state index contributed by atoms with van der Waals surface area (Å²) in [6.07, 6.45) is 1.93. The van der Waals surface area contributed by atoms with Crippen molar-refractivity contribution in [2.45, 2.75) is 25.5 Å². The Kier molecular flexibility index (Phi) is 7.37. The second-order valence-electron chi connectivity index (χ2n) is 5.96. The summed E-state index contributed by atoms with van der Waals surface area (Å²) < 4.78 is 28.7. The van der Waals surface area contributed by atoms with Crippen molar-refractivity contribution in [1.29, 1.82) is 0 Å². The number of nitrogens with one attached hydrogen (secondary N) is 1. The predicted molar refractivity (Wildman–Crippen MR) is 102 cm³/mol. The van der Waals surface area contributed by atoms with Crippen LogP contribution in [0, 0.1) is 0 Å². The first-order valence-electron chi connectivity index (χ1n) is 8.17. The summed E-state index contributed by atoms with van der Waals surface area (Å²) in [5.41, 5.74) is 0.871. The Balaban J connectivity index is 0.00000243. The van der Waals surface area contributed by atoms with E-state index >= 15 is 0 Å².